The molecular weight excluding hydrogens is 374 g/mol. The molecule has 2 aromatic rings. The van der Waals surface area contributed by atoms with E-state index in [0.717, 1.165) is 24.1 Å². The average Bonchev–Trinajstić information content (AvgIpc) is 3.06. The van der Waals surface area contributed by atoms with Crippen molar-refractivity contribution in [3.8, 4) is 0 Å². The third-order valence-electron chi connectivity index (χ3n) is 7.20. The van der Waals surface area contributed by atoms with Gasteiger partial charge in [-0.25, -0.2) is 9.69 Å². The van der Waals surface area contributed by atoms with Crippen LogP contribution in [0.3, 0.4) is 0 Å². The molecule has 5 heteroatoms. The lowest BCUT2D eigenvalue weighted by molar-refractivity contribution is -0.132. The quantitative estimate of drug-likeness (QED) is 0.782. The molecule has 0 radical (unpaired) electrons. The van der Waals surface area contributed by atoms with Crippen LogP contribution < -0.4 is 5.32 Å². The number of likely N-dealkylation sites (tertiary alicyclic amines) is 1. The normalized spacial score (nSPS) is 26.3. The van der Waals surface area contributed by atoms with E-state index < -0.39 is 5.54 Å². The molecule has 156 valence electrons. The molecule has 0 unspecified atom stereocenters. The van der Waals surface area contributed by atoms with Crippen LogP contribution in [0.15, 0.2) is 60.7 Å². The van der Waals surface area contributed by atoms with E-state index in [0.29, 0.717) is 18.6 Å². The number of urea groups is 1. The number of carbonyl (C=O) groups is 2. The molecule has 0 spiro atoms. The summed E-state index contributed by atoms with van der Waals surface area (Å²) in [6.07, 6.45) is 7.43. The van der Waals surface area contributed by atoms with Crippen LogP contribution in [0.1, 0.15) is 49.7 Å². The van der Waals surface area contributed by atoms with Crippen molar-refractivity contribution < 1.29 is 9.59 Å². The number of amides is 3. The molecule has 2 heterocycles. The highest BCUT2D eigenvalue weighted by atomic mass is 16.2. The molecular formula is C25H29N3O2. The van der Waals surface area contributed by atoms with Gasteiger partial charge in [-0.3, -0.25) is 9.69 Å². The molecule has 2 saturated heterocycles. The number of hydrogen-bond acceptors (Lipinski definition) is 3. The molecule has 0 aromatic heterocycles. The number of fused-ring (bicyclic) bond motifs is 1. The number of carbonyl (C=O) groups excluding carboxylic acids is 2. The average molecular weight is 404 g/mol. The molecule has 3 fully saturated rings. The highest BCUT2D eigenvalue weighted by Gasteiger charge is 2.54. The fourth-order valence-electron chi connectivity index (χ4n) is 5.72. The zero-order valence-corrected chi connectivity index (χ0v) is 17.3. The van der Waals surface area contributed by atoms with E-state index in [-0.39, 0.29) is 11.9 Å². The molecule has 30 heavy (non-hydrogen) atoms. The van der Waals surface area contributed by atoms with E-state index in [1.807, 2.05) is 60.7 Å². The van der Waals surface area contributed by atoms with E-state index >= 15 is 0 Å². The van der Waals surface area contributed by atoms with E-state index in [1.54, 1.807) is 0 Å². The van der Waals surface area contributed by atoms with Crippen LogP contribution in [-0.2, 0) is 10.3 Å². The Hall–Kier alpha value is -2.66. The van der Waals surface area contributed by atoms with Gasteiger partial charge in [0, 0.05) is 12.6 Å². The maximum Gasteiger partial charge on any atom is 0.326 e. The summed E-state index contributed by atoms with van der Waals surface area (Å²) in [4.78, 5) is 30.9. The van der Waals surface area contributed by atoms with Crippen LogP contribution in [0.25, 0.3) is 0 Å². The van der Waals surface area contributed by atoms with Crippen LogP contribution in [0.4, 0.5) is 4.79 Å². The second-order valence-electron chi connectivity index (χ2n) is 8.85. The number of nitrogens with zero attached hydrogens (tertiary/aromatic N) is 2. The lowest BCUT2D eigenvalue weighted by atomic mass is 9.78. The van der Waals surface area contributed by atoms with Crippen molar-refractivity contribution in [1.29, 1.82) is 0 Å². The van der Waals surface area contributed by atoms with Gasteiger partial charge in [0.2, 0.25) is 0 Å². The standard InChI is InChI=1S/C25H29N3O2/c29-23-25(20-12-3-1-4-13-20,21-14-5-2-6-15-21)26-24(30)28(23)18-27-17-9-11-19-10-7-8-16-22(19)27/h1-6,12-15,19,22H,7-11,16-18H2,(H,26,30)/t19-,22-/m1/s1. The molecule has 2 aromatic carbocycles. The lowest BCUT2D eigenvalue weighted by Gasteiger charge is -2.45. The predicted octanol–water partition coefficient (Wildman–Crippen LogP) is 4.09. The van der Waals surface area contributed by atoms with Gasteiger partial charge in [0.15, 0.2) is 5.54 Å². The number of rotatable bonds is 4. The van der Waals surface area contributed by atoms with E-state index in [1.165, 1.54) is 37.0 Å². The van der Waals surface area contributed by atoms with Crippen molar-refractivity contribution >= 4 is 11.9 Å². The second-order valence-corrected chi connectivity index (χ2v) is 8.85. The Morgan fingerprint density at radius 1 is 0.833 bits per heavy atom. The molecule has 3 amide bonds. The first kappa shape index (κ1) is 19.3. The van der Waals surface area contributed by atoms with E-state index in [2.05, 4.69) is 10.2 Å². The summed E-state index contributed by atoms with van der Waals surface area (Å²) in [7, 11) is 0. The zero-order valence-electron chi connectivity index (χ0n) is 17.3. The Labute approximate surface area is 178 Å². The van der Waals surface area contributed by atoms with Crippen molar-refractivity contribution in [2.45, 2.75) is 50.1 Å². The second kappa shape index (κ2) is 7.88. The summed E-state index contributed by atoms with van der Waals surface area (Å²) >= 11 is 0. The summed E-state index contributed by atoms with van der Waals surface area (Å²) in [5, 5.41) is 3.07. The zero-order chi connectivity index (χ0) is 20.6. The Bertz CT molecular complexity index is 873. The molecule has 1 N–H and O–H groups in total. The van der Waals surface area contributed by atoms with Crippen molar-refractivity contribution in [2.24, 2.45) is 5.92 Å². The first-order valence-corrected chi connectivity index (χ1v) is 11.2. The monoisotopic (exact) mass is 403 g/mol. The third kappa shape index (κ3) is 3.12. The number of benzene rings is 2. The number of nitrogens with one attached hydrogen (secondary N) is 1. The molecule has 1 saturated carbocycles. The third-order valence-corrected chi connectivity index (χ3v) is 7.20. The molecule has 2 atom stereocenters. The lowest BCUT2D eigenvalue weighted by Crippen LogP contribution is -2.53. The van der Waals surface area contributed by atoms with Crippen LogP contribution in [0.2, 0.25) is 0 Å². The van der Waals surface area contributed by atoms with Crippen LogP contribution in [0.5, 0.6) is 0 Å². The molecule has 5 nitrogen and oxygen atoms in total. The minimum absolute atomic E-state index is 0.178. The summed E-state index contributed by atoms with van der Waals surface area (Å²) in [6.45, 7) is 1.34. The van der Waals surface area contributed by atoms with Gasteiger partial charge >= 0.3 is 6.03 Å². The Morgan fingerprint density at radius 2 is 1.43 bits per heavy atom. The Morgan fingerprint density at radius 3 is 2.10 bits per heavy atom. The largest absolute Gasteiger partial charge is 0.326 e. The first-order valence-electron chi connectivity index (χ1n) is 11.2. The summed E-state index contributed by atoms with van der Waals surface area (Å²) in [5.41, 5.74) is 0.430. The van der Waals surface area contributed by atoms with Gasteiger partial charge in [0.25, 0.3) is 5.91 Å². The van der Waals surface area contributed by atoms with Gasteiger partial charge in [0.05, 0.1) is 6.67 Å². The van der Waals surface area contributed by atoms with Gasteiger partial charge in [-0.05, 0) is 42.7 Å². The summed E-state index contributed by atoms with van der Waals surface area (Å²) in [5.74, 6) is 0.532. The van der Waals surface area contributed by atoms with Gasteiger partial charge in [-0.1, -0.05) is 73.5 Å². The highest BCUT2D eigenvalue weighted by Crippen LogP contribution is 2.38. The molecule has 0 bridgehead atoms. The fourth-order valence-corrected chi connectivity index (χ4v) is 5.72. The Balaban J connectivity index is 1.48. The fraction of sp³-hybridized carbons (Fsp3) is 0.440. The van der Waals surface area contributed by atoms with E-state index in [4.69, 9.17) is 0 Å². The molecule has 5 rings (SSSR count). The first-order chi connectivity index (χ1) is 14.7. The van der Waals surface area contributed by atoms with Crippen LogP contribution in [-0.4, -0.2) is 41.0 Å². The van der Waals surface area contributed by atoms with Gasteiger partial charge in [-0.15, -0.1) is 0 Å². The number of hydrogen-bond donors (Lipinski definition) is 1. The van der Waals surface area contributed by atoms with Gasteiger partial charge in [0.1, 0.15) is 0 Å². The van der Waals surface area contributed by atoms with Crippen molar-refractivity contribution in [2.75, 3.05) is 13.2 Å². The predicted molar refractivity (Wildman–Crippen MR) is 116 cm³/mol. The molecule has 1 aliphatic carbocycles. The minimum atomic E-state index is -1.17. The number of piperidine rings is 1. The van der Waals surface area contributed by atoms with Gasteiger partial charge in [-0.2, -0.15) is 0 Å². The molecule has 2 aliphatic heterocycles. The van der Waals surface area contributed by atoms with Crippen molar-refractivity contribution in [1.82, 2.24) is 15.1 Å². The topological polar surface area (TPSA) is 52.7 Å². The summed E-state index contributed by atoms with van der Waals surface area (Å²) in [6, 6.07) is 19.4. The molecule has 3 aliphatic rings. The van der Waals surface area contributed by atoms with Crippen molar-refractivity contribution in [3.63, 3.8) is 0 Å². The minimum Gasteiger partial charge on any atom is -0.315 e. The highest BCUT2D eigenvalue weighted by molar-refractivity contribution is 6.09. The van der Waals surface area contributed by atoms with Crippen LogP contribution >= 0.6 is 0 Å². The smallest absolute Gasteiger partial charge is 0.315 e. The maximum atomic E-state index is 13.9. The van der Waals surface area contributed by atoms with Crippen molar-refractivity contribution in [3.05, 3.63) is 71.8 Å². The number of imide groups is 1. The summed E-state index contributed by atoms with van der Waals surface area (Å²) < 4.78 is 0. The van der Waals surface area contributed by atoms with E-state index in [9.17, 15) is 9.59 Å². The SMILES string of the molecule is O=C1NC(c2ccccc2)(c2ccccc2)C(=O)N1CN1CCC[C@H]2CCCC[C@H]21. The van der Waals surface area contributed by atoms with Gasteiger partial charge < -0.3 is 5.32 Å². The Kier molecular flexibility index (Phi) is 5.07. The maximum absolute atomic E-state index is 13.9. The van der Waals surface area contributed by atoms with Crippen LogP contribution in [0, 0.1) is 5.92 Å².